The smallest absolute Gasteiger partial charge is 0.321 e. The molecule has 1 aliphatic heterocycles. The predicted molar refractivity (Wildman–Crippen MR) is 121 cm³/mol. The first-order chi connectivity index (χ1) is 15.5. The highest BCUT2D eigenvalue weighted by atomic mass is 16.5. The zero-order valence-corrected chi connectivity index (χ0v) is 19.1. The van der Waals surface area contributed by atoms with Crippen LogP contribution in [0.15, 0.2) is 28.8 Å². The van der Waals surface area contributed by atoms with Gasteiger partial charge in [-0.2, -0.15) is 4.98 Å². The molecule has 0 aliphatic carbocycles. The summed E-state index contributed by atoms with van der Waals surface area (Å²) in [5.41, 5.74) is 0.614. The van der Waals surface area contributed by atoms with E-state index in [2.05, 4.69) is 20.8 Å². The van der Waals surface area contributed by atoms with E-state index in [9.17, 15) is 9.59 Å². The van der Waals surface area contributed by atoms with Crippen LogP contribution in [0.3, 0.4) is 0 Å². The lowest BCUT2D eigenvalue weighted by atomic mass is 9.99. The molecule has 9 nitrogen and oxygen atoms in total. The van der Waals surface area contributed by atoms with E-state index in [1.807, 2.05) is 39.0 Å². The molecule has 0 bridgehead atoms. The van der Waals surface area contributed by atoms with E-state index in [1.54, 1.807) is 11.0 Å². The lowest BCUT2D eigenvalue weighted by Gasteiger charge is -2.23. The molecule has 2 heterocycles. The number of hydrogen-bond acceptors (Lipinski definition) is 6. The normalized spacial score (nSPS) is 18.1. The Labute approximate surface area is 188 Å². The number of urea groups is 1. The van der Waals surface area contributed by atoms with E-state index in [0.29, 0.717) is 49.4 Å². The highest BCUT2D eigenvalue weighted by Gasteiger charge is 2.23. The minimum atomic E-state index is -0.249. The topological polar surface area (TPSA) is 110 Å². The first-order valence-electron chi connectivity index (χ1n) is 11.4. The first-order valence-corrected chi connectivity index (χ1v) is 11.4. The van der Waals surface area contributed by atoms with Crippen LogP contribution in [0.25, 0.3) is 0 Å². The third-order valence-electron chi connectivity index (χ3n) is 5.44. The van der Waals surface area contributed by atoms with Crippen LogP contribution in [-0.4, -0.2) is 53.2 Å². The summed E-state index contributed by atoms with van der Waals surface area (Å²) in [6, 6.07) is 7.08. The van der Waals surface area contributed by atoms with E-state index >= 15 is 0 Å². The second kappa shape index (κ2) is 11.5. The zero-order valence-electron chi connectivity index (χ0n) is 19.1. The van der Waals surface area contributed by atoms with Crippen molar-refractivity contribution >= 4 is 17.6 Å². The maximum absolute atomic E-state index is 13.0. The van der Waals surface area contributed by atoms with Crippen molar-refractivity contribution in [3.8, 4) is 5.75 Å². The van der Waals surface area contributed by atoms with Crippen LogP contribution >= 0.6 is 0 Å². The van der Waals surface area contributed by atoms with Crippen LogP contribution < -0.4 is 15.4 Å². The molecule has 1 saturated heterocycles. The van der Waals surface area contributed by atoms with Gasteiger partial charge in [0, 0.05) is 37.9 Å². The van der Waals surface area contributed by atoms with Gasteiger partial charge >= 0.3 is 6.03 Å². The van der Waals surface area contributed by atoms with Gasteiger partial charge in [0.05, 0.1) is 12.3 Å². The number of carbonyl (C=O) groups is 2. The monoisotopic (exact) mass is 443 g/mol. The van der Waals surface area contributed by atoms with E-state index in [4.69, 9.17) is 9.26 Å². The average Bonchev–Trinajstić information content (AvgIpc) is 3.25. The molecule has 0 saturated carbocycles. The van der Waals surface area contributed by atoms with Crippen molar-refractivity contribution in [1.29, 1.82) is 0 Å². The molecule has 2 N–H and O–H groups in total. The molecule has 3 amide bonds. The van der Waals surface area contributed by atoms with Crippen molar-refractivity contribution in [2.75, 3.05) is 31.6 Å². The van der Waals surface area contributed by atoms with Crippen molar-refractivity contribution in [3.05, 3.63) is 36.0 Å². The van der Waals surface area contributed by atoms with Crippen molar-refractivity contribution in [2.45, 2.75) is 58.3 Å². The number of anilines is 1. The number of benzene rings is 1. The van der Waals surface area contributed by atoms with Crippen LogP contribution in [-0.2, 0) is 4.79 Å². The summed E-state index contributed by atoms with van der Waals surface area (Å²) in [7, 11) is 0. The molecule has 1 atom stereocenters. The van der Waals surface area contributed by atoms with Gasteiger partial charge < -0.3 is 24.8 Å². The first kappa shape index (κ1) is 23.6. The van der Waals surface area contributed by atoms with Gasteiger partial charge in [-0.15, -0.1) is 0 Å². The lowest BCUT2D eigenvalue weighted by molar-refractivity contribution is -0.121. The number of hydrogen-bond donors (Lipinski definition) is 2. The summed E-state index contributed by atoms with van der Waals surface area (Å²) in [6.07, 6.45) is 2.52. The standard InChI is InChI=1S/C23H33N5O4/c1-4-31-19-10-6-5-9-18(19)25-23(30)28-14-7-8-17(11-13-24-20(29)12-15-28)22-26-21(16(2)3)27-32-22/h5-6,9-10,16-17H,4,7-8,11-15H2,1-3H3,(H,24,29)(H,25,30). The van der Waals surface area contributed by atoms with Crippen LogP contribution in [0, 0.1) is 0 Å². The molecule has 9 heteroatoms. The number of amides is 3. The van der Waals surface area contributed by atoms with Crippen molar-refractivity contribution in [1.82, 2.24) is 20.4 Å². The molecular formula is C23H33N5O4. The molecule has 1 aliphatic rings. The number of ether oxygens (including phenoxy) is 1. The van der Waals surface area contributed by atoms with Crippen LogP contribution in [0.4, 0.5) is 10.5 Å². The van der Waals surface area contributed by atoms with Gasteiger partial charge in [-0.1, -0.05) is 31.1 Å². The van der Waals surface area contributed by atoms with Gasteiger partial charge in [-0.25, -0.2) is 4.79 Å². The number of para-hydroxylation sites is 2. The fraction of sp³-hybridized carbons (Fsp3) is 0.565. The Balaban J connectivity index is 1.68. The summed E-state index contributed by atoms with van der Waals surface area (Å²) in [4.78, 5) is 31.5. The van der Waals surface area contributed by atoms with Crippen molar-refractivity contribution < 1.29 is 18.8 Å². The minimum Gasteiger partial charge on any atom is -0.492 e. The van der Waals surface area contributed by atoms with E-state index in [1.165, 1.54) is 0 Å². The van der Waals surface area contributed by atoms with Crippen molar-refractivity contribution in [3.63, 3.8) is 0 Å². The number of rotatable bonds is 5. The summed E-state index contributed by atoms with van der Waals surface area (Å²) in [5, 5.41) is 9.94. The largest absolute Gasteiger partial charge is 0.492 e. The molecule has 32 heavy (non-hydrogen) atoms. The van der Waals surface area contributed by atoms with E-state index in [0.717, 1.165) is 19.3 Å². The third-order valence-corrected chi connectivity index (χ3v) is 5.44. The maximum atomic E-state index is 13.0. The Kier molecular flexibility index (Phi) is 8.47. The van der Waals surface area contributed by atoms with Gasteiger partial charge in [0.15, 0.2) is 5.82 Å². The van der Waals surface area contributed by atoms with Gasteiger partial charge in [-0.05, 0) is 38.3 Å². The summed E-state index contributed by atoms with van der Waals surface area (Å²) >= 11 is 0. The summed E-state index contributed by atoms with van der Waals surface area (Å²) in [6.45, 7) is 7.85. The van der Waals surface area contributed by atoms with Crippen molar-refractivity contribution in [2.24, 2.45) is 0 Å². The maximum Gasteiger partial charge on any atom is 0.321 e. The number of carbonyl (C=O) groups excluding carboxylic acids is 2. The molecule has 2 aromatic rings. The lowest BCUT2D eigenvalue weighted by Crippen LogP contribution is -2.38. The zero-order chi connectivity index (χ0) is 22.9. The quantitative estimate of drug-likeness (QED) is 0.725. The highest BCUT2D eigenvalue weighted by molar-refractivity contribution is 5.91. The molecule has 1 fully saturated rings. The van der Waals surface area contributed by atoms with Gasteiger partial charge in [0.25, 0.3) is 0 Å². The molecular weight excluding hydrogens is 410 g/mol. The Morgan fingerprint density at radius 1 is 1.31 bits per heavy atom. The second-order valence-corrected chi connectivity index (χ2v) is 8.22. The fourth-order valence-corrected chi connectivity index (χ4v) is 3.64. The third kappa shape index (κ3) is 6.45. The molecule has 174 valence electrons. The molecule has 3 rings (SSSR count). The molecule has 1 aromatic heterocycles. The van der Waals surface area contributed by atoms with Crippen LogP contribution in [0.5, 0.6) is 5.75 Å². The Morgan fingerprint density at radius 3 is 2.88 bits per heavy atom. The molecule has 0 radical (unpaired) electrons. The van der Waals surface area contributed by atoms with Gasteiger partial charge in [0.1, 0.15) is 5.75 Å². The number of nitrogens with zero attached hydrogens (tertiary/aromatic N) is 3. The van der Waals surface area contributed by atoms with Crippen LogP contribution in [0.2, 0.25) is 0 Å². The second-order valence-electron chi connectivity index (χ2n) is 8.22. The fourth-order valence-electron chi connectivity index (χ4n) is 3.64. The molecule has 1 unspecified atom stereocenters. The average molecular weight is 444 g/mol. The van der Waals surface area contributed by atoms with E-state index in [-0.39, 0.29) is 30.2 Å². The number of nitrogens with one attached hydrogen (secondary N) is 2. The SMILES string of the molecule is CCOc1ccccc1NC(=O)N1CCCC(c2nc(C(C)C)no2)CCNC(=O)CC1. The molecule has 1 aromatic carbocycles. The number of aromatic nitrogens is 2. The predicted octanol–water partition coefficient (Wildman–Crippen LogP) is 3.90. The highest BCUT2D eigenvalue weighted by Crippen LogP contribution is 2.26. The Morgan fingerprint density at radius 2 is 2.12 bits per heavy atom. The minimum absolute atomic E-state index is 0.0389. The molecule has 0 spiro atoms. The van der Waals surface area contributed by atoms with E-state index < -0.39 is 0 Å². The van der Waals surface area contributed by atoms with Gasteiger partial charge in [-0.3, -0.25) is 4.79 Å². The Bertz CT molecular complexity index is 898. The van der Waals surface area contributed by atoms with Crippen LogP contribution in [0.1, 0.15) is 70.0 Å². The summed E-state index contributed by atoms with van der Waals surface area (Å²) < 4.78 is 11.1. The summed E-state index contributed by atoms with van der Waals surface area (Å²) in [5.74, 6) is 2.06. The Hall–Kier alpha value is -3.10. The van der Waals surface area contributed by atoms with Gasteiger partial charge in [0.2, 0.25) is 11.8 Å².